The predicted molar refractivity (Wildman–Crippen MR) is 86.3 cm³/mol. The lowest BCUT2D eigenvalue weighted by Gasteiger charge is -2.29. The molecule has 5 nitrogen and oxygen atoms in total. The Kier molecular flexibility index (Phi) is 5.95. The zero-order chi connectivity index (χ0) is 15.9. The maximum atomic E-state index is 12.0. The van der Waals surface area contributed by atoms with Crippen LogP contribution >= 0.6 is 0 Å². The molecule has 1 aliphatic rings. The van der Waals surface area contributed by atoms with Crippen LogP contribution in [-0.4, -0.2) is 42.9 Å². The van der Waals surface area contributed by atoms with Crippen LogP contribution in [0.1, 0.15) is 24.0 Å². The molecule has 1 aliphatic heterocycles. The highest BCUT2D eigenvalue weighted by Gasteiger charge is 2.23. The number of hydrogen-bond acceptors (Lipinski definition) is 3. The van der Waals surface area contributed by atoms with E-state index >= 15 is 0 Å². The highest BCUT2D eigenvalue weighted by molar-refractivity contribution is 5.78. The Hall–Kier alpha value is -1.88. The summed E-state index contributed by atoms with van der Waals surface area (Å²) in [6.45, 7) is 4.67. The highest BCUT2D eigenvalue weighted by atomic mass is 16.2. The smallest absolute Gasteiger partial charge is 0.234 e. The molecule has 0 spiro atoms. The van der Waals surface area contributed by atoms with Gasteiger partial charge in [0.05, 0.1) is 6.54 Å². The first-order chi connectivity index (χ1) is 10.6. The van der Waals surface area contributed by atoms with Crippen molar-refractivity contribution in [2.45, 2.75) is 26.2 Å². The van der Waals surface area contributed by atoms with Gasteiger partial charge in [-0.3, -0.25) is 14.5 Å². The minimum atomic E-state index is -0.220. The molecule has 0 atom stereocenters. The van der Waals surface area contributed by atoms with Crippen molar-refractivity contribution in [3.05, 3.63) is 35.4 Å². The monoisotopic (exact) mass is 303 g/mol. The van der Waals surface area contributed by atoms with Crippen molar-refractivity contribution in [1.29, 1.82) is 0 Å². The van der Waals surface area contributed by atoms with Gasteiger partial charge in [0.2, 0.25) is 11.8 Å². The molecule has 1 heterocycles. The first kappa shape index (κ1) is 16.5. The fourth-order valence-corrected chi connectivity index (χ4v) is 2.86. The Morgan fingerprint density at radius 2 is 1.95 bits per heavy atom. The van der Waals surface area contributed by atoms with Crippen LogP contribution in [0.5, 0.6) is 0 Å². The van der Waals surface area contributed by atoms with Gasteiger partial charge in [-0.25, -0.2) is 0 Å². The molecule has 120 valence electrons. The normalized spacial score (nSPS) is 16.4. The highest BCUT2D eigenvalue weighted by Crippen LogP contribution is 2.16. The van der Waals surface area contributed by atoms with E-state index in [4.69, 9.17) is 5.73 Å². The van der Waals surface area contributed by atoms with Crippen molar-refractivity contribution >= 4 is 11.8 Å². The van der Waals surface area contributed by atoms with Gasteiger partial charge in [-0.05, 0) is 50.4 Å². The topological polar surface area (TPSA) is 75.4 Å². The lowest BCUT2D eigenvalue weighted by molar-refractivity contribution is -0.124. The largest absolute Gasteiger partial charge is 0.369 e. The average Bonchev–Trinajstić information content (AvgIpc) is 2.50. The molecule has 0 unspecified atom stereocenters. The number of primary amides is 1. The van der Waals surface area contributed by atoms with Crippen LogP contribution in [0.4, 0.5) is 0 Å². The van der Waals surface area contributed by atoms with Crippen LogP contribution in [0, 0.1) is 12.8 Å². The zero-order valence-corrected chi connectivity index (χ0v) is 13.2. The van der Waals surface area contributed by atoms with Crippen LogP contribution in [0.15, 0.2) is 24.3 Å². The van der Waals surface area contributed by atoms with Gasteiger partial charge in [0.15, 0.2) is 0 Å². The first-order valence-electron chi connectivity index (χ1n) is 7.89. The molecule has 1 aromatic rings. The molecule has 0 aromatic heterocycles. The minimum absolute atomic E-state index is 0.0274. The van der Waals surface area contributed by atoms with E-state index in [9.17, 15) is 9.59 Å². The SMILES string of the molecule is Cc1ccccc1CCNC(=O)CN1CCC(C(N)=O)CC1. The van der Waals surface area contributed by atoms with E-state index in [1.165, 1.54) is 11.1 Å². The molecule has 1 saturated heterocycles. The standard InChI is InChI=1S/C17H25N3O2/c1-13-4-2-3-5-14(13)6-9-19-16(21)12-20-10-7-15(8-11-20)17(18)22/h2-5,15H,6-12H2,1H3,(H2,18,22)(H,19,21). The molecule has 0 saturated carbocycles. The summed E-state index contributed by atoms with van der Waals surface area (Å²) in [6, 6.07) is 8.22. The molecule has 2 amide bonds. The number of nitrogens with one attached hydrogen (secondary N) is 1. The van der Waals surface area contributed by atoms with E-state index in [2.05, 4.69) is 29.3 Å². The minimum Gasteiger partial charge on any atom is -0.369 e. The number of likely N-dealkylation sites (tertiary alicyclic amines) is 1. The van der Waals surface area contributed by atoms with E-state index in [0.717, 1.165) is 32.4 Å². The number of nitrogens with zero attached hydrogens (tertiary/aromatic N) is 1. The summed E-state index contributed by atoms with van der Waals surface area (Å²) in [6.07, 6.45) is 2.36. The molecule has 3 N–H and O–H groups in total. The molecule has 0 aliphatic carbocycles. The van der Waals surface area contributed by atoms with E-state index in [-0.39, 0.29) is 17.7 Å². The van der Waals surface area contributed by atoms with Crippen molar-refractivity contribution < 1.29 is 9.59 Å². The molecule has 5 heteroatoms. The summed E-state index contributed by atoms with van der Waals surface area (Å²) in [4.78, 5) is 25.2. The first-order valence-corrected chi connectivity index (χ1v) is 7.89. The number of piperidine rings is 1. The van der Waals surface area contributed by atoms with Crippen molar-refractivity contribution in [3.8, 4) is 0 Å². The van der Waals surface area contributed by atoms with E-state index < -0.39 is 0 Å². The van der Waals surface area contributed by atoms with Crippen molar-refractivity contribution in [2.24, 2.45) is 11.7 Å². The number of carbonyl (C=O) groups excluding carboxylic acids is 2. The number of aryl methyl sites for hydroxylation is 1. The summed E-state index contributed by atoms with van der Waals surface area (Å²) >= 11 is 0. The number of hydrogen-bond donors (Lipinski definition) is 2. The summed E-state index contributed by atoms with van der Waals surface area (Å²) in [5, 5.41) is 2.97. The Morgan fingerprint density at radius 3 is 2.59 bits per heavy atom. The molecule has 2 rings (SSSR count). The molecular weight excluding hydrogens is 278 g/mol. The maximum Gasteiger partial charge on any atom is 0.234 e. The van der Waals surface area contributed by atoms with Crippen molar-refractivity contribution in [1.82, 2.24) is 10.2 Å². The van der Waals surface area contributed by atoms with Crippen LogP contribution in [0.3, 0.4) is 0 Å². The van der Waals surface area contributed by atoms with Gasteiger partial charge in [0.1, 0.15) is 0 Å². The summed E-state index contributed by atoms with van der Waals surface area (Å²) in [5.74, 6) is -0.200. The van der Waals surface area contributed by atoms with Gasteiger partial charge in [-0.15, -0.1) is 0 Å². The predicted octanol–water partition coefficient (Wildman–Crippen LogP) is 0.851. The van der Waals surface area contributed by atoms with Crippen LogP contribution in [-0.2, 0) is 16.0 Å². The maximum absolute atomic E-state index is 12.0. The Bertz CT molecular complexity index is 522. The fraction of sp³-hybridized carbons (Fsp3) is 0.529. The third kappa shape index (κ3) is 4.84. The molecule has 0 radical (unpaired) electrons. The van der Waals surface area contributed by atoms with Crippen molar-refractivity contribution in [3.63, 3.8) is 0 Å². The lowest BCUT2D eigenvalue weighted by atomic mass is 9.96. The summed E-state index contributed by atoms with van der Waals surface area (Å²) < 4.78 is 0. The molecular formula is C17H25N3O2. The number of nitrogens with two attached hydrogens (primary N) is 1. The third-order valence-corrected chi connectivity index (χ3v) is 4.33. The van der Waals surface area contributed by atoms with Gasteiger partial charge in [-0.1, -0.05) is 24.3 Å². The quantitative estimate of drug-likeness (QED) is 0.818. The van der Waals surface area contributed by atoms with E-state index in [0.29, 0.717) is 13.1 Å². The Balaban J connectivity index is 1.66. The summed E-state index contributed by atoms with van der Waals surface area (Å²) in [7, 11) is 0. The van der Waals surface area contributed by atoms with E-state index in [1.54, 1.807) is 0 Å². The van der Waals surface area contributed by atoms with Crippen LogP contribution in [0.2, 0.25) is 0 Å². The van der Waals surface area contributed by atoms with Crippen LogP contribution < -0.4 is 11.1 Å². The second kappa shape index (κ2) is 7.94. The molecule has 1 aromatic carbocycles. The number of amides is 2. The Morgan fingerprint density at radius 1 is 1.27 bits per heavy atom. The van der Waals surface area contributed by atoms with Gasteiger partial charge in [0.25, 0.3) is 0 Å². The van der Waals surface area contributed by atoms with Gasteiger partial charge >= 0.3 is 0 Å². The second-order valence-corrected chi connectivity index (χ2v) is 5.98. The van der Waals surface area contributed by atoms with Gasteiger partial charge in [-0.2, -0.15) is 0 Å². The third-order valence-electron chi connectivity index (χ3n) is 4.33. The zero-order valence-electron chi connectivity index (χ0n) is 13.2. The summed E-state index contributed by atoms with van der Waals surface area (Å²) in [5.41, 5.74) is 7.83. The number of rotatable bonds is 6. The Labute approximate surface area is 131 Å². The average molecular weight is 303 g/mol. The molecule has 0 bridgehead atoms. The number of carbonyl (C=O) groups is 2. The molecule has 1 fully saturated rings. The lowest BCUT2D eigenvalue weighted by Crippen LogP contribution is -2.43. The van der Waals surface area contributed by atoms with Gasteiger partial charge < -0.3 is 11.1 Å². The van der Waals surface area contributed by atoms with Gasteiger partial charge in [0, 0.05) is 12.5 Å². The van der Waals surface area contributed by atoms with Crippen LogP contribution in [0.25, 0.3) is 0 Å². The fourth-order valence-electron chi connectivity index (χ4n) is 2.86. The van der Waals surface area contributed by atoms with Crippen molar-refractivity contribution in [2.75, 3.05) is 26.2 Å². The number of benzene rings is 1. The molecule has 22 heavy (non-hydrogen) atoms. The van der Waals surface area contributed by atoms with E-state index in [1.807, 2.05) is 12.1 Å². The second-order valence-electron chi connectivity index (χ2n) is 5.98.